The molecule has 1 amide bonds. The molecular weight excluding hydrogens is 506 g/mol. The number of carbonyl (C=O) groups excluding carboxylic acids is 2. The average molecular weight is 556 g/mol. The van der Waals surface area contributed by atoms with Crippen LogP contribution >= 0.6 is 0 Å². The minimum atomic E-state index is -0.145. The van der Waals surface area contributed by atoms with Crippen LogP contribution in [0.15, 0.2) is 24.3 Å². The first-order valence-electron chi connectivity index (χ1n) is 14.2. The van der Waals surface area contributed by atoms with Crippen molar-refractivity contribution in [2.45, 2.75) is 58.8 Å². The lowest BCUT2D eigenvalue weighted by Gasteiger charge is -2.09. The molecule has 0 bridgehead atoms. The van der Waals surface area contributed by atoms with Gasteiger partial charge in [0.2, 0.25) is 5.91 Å². The van der Waals surface area contributed by atoms with Gasteiger partial charge >= 0.3 is 5.97 Å². The first-order chi connectivity index (χ1) is 19.1. The molecule has 10 heteroatoms. The van der Waals surface area contributed by atoms with Crippen molar-refractivity contribution in [1.82, 2.24) is 0 Å². The molecule has 39 heavy (non-hydrogen) atoms. The van der Waals surface area contributed by atoms with Gasteiger partial charge in [0.05, 0.1) is 66.1 Å². The number of amides is 1. The Labute approximate surface area is 233 Å². The second-order valence-corrected chi connectivity index (χ2v) is 8.85. The summed E-state index contributed by atoms with van der Waals surface area (Å²) in [4.78, 5) is 22.6. The van der Waals surface area contributed by atoms with Crippen LogP contribution in [0.5, 0.6) is 5.75 Å². The van der Waals surface area contributed by atoms with Crippen molar-refractivity contribution in [3.63, 3.8) is 0 Å². The van der Waals surface area contributed by atoms with E-state index in [2.05, 4.69) is 12.2 Å². The molecule has 0 aliphatic carbocycles. The lowest BCUT2D eigenvalue weighted by atomic mass is 10.1. The third-order valence-corrected chi connectivity index (χ3v) is 5.38. The maximum Gasteiger partial charge on any atom is 0.305 e. The summed E-state index contributed by atoms with van der Waals surface area (Å²) in [6.07, 6.45) is 7.42. The van der Waals surface area contributed by atoms with E-state index >= 15 is 0 Å². The Morgan fingerprint density at radius 2 is 1.08 bits per heavy atom. The maximum atomic E-state index is 11.6. The van der Waals surface area contributed by atoms with Gasteiger partial charge in [0.15, 0.2) is 0 Å². The van der Waals surface area contributed by atoms with Crippen LogP contribution in [0, 0.1) is 0 Å². The van der Waals surface area contributed by atoms with E-state index in [-0.39, 0.29) is 18.5 Å². The number of hydrogen-bond acceptors (Lipinski definition) is 9. The zero-order valence-electron chi connectivity index (χ0n) is 23.9. The van der Waals surface area contributed by atoms with Crippen molar-refractivity contribution in [1.29, 1.82) is 0 Å². The molecule has 0 aliphatic heterocycles. The third kappa shape index (κ3) is 23.4. The summed E-state index contributed by atoms with van der Waals surface area (Å²) in [6, 6.07) is 7.17. The molecule has 0 spiro atoms. The molecule has 0 aliphatic rings. The van der Waals surface area contributed by atoms with E-state index in [0.717, 1.165) is 18.5 Å². The number of unbranched alkanes of at least 4 members (excludes halogenated alkanes) is 5. The van der Waals surface area contributed by atoms with E-state index in [1.54, 1.807) is 24.3 Å². The summed E-state index contributed by atoms with van der Waals surface area (Å²) >= 11 is 0. The lowest BCUT2D eigenvalue weighted by Crippen LogP contribution is -2.15. The number of anilines is 1. The summed E-state index contributed by atoms with van der Waals surface area (Å²) < 4.78 is 38.0. The van der Waals surface area contributed by atoms with E-state index in [1.807, 2.05) is 0 Å². The van der Waals surface area contributed by atoms with E-state index < -0.39 is 0 Å². The van der Waals surface area contributed by atoms with Gasteiger partial charge in [-0.3, -0.25) is 9.59 Å². The fourth-order valence-corrected chi connectivity index (χ4v) is 3.37. The van der Waals surface area contributed by atoms with Gasteiger partial charge in [-0.1, -0.05) is 39.0 Å². The molecule has 0 radical (unpaired) electrons. The SMILES string of the molecule is CCCCCCCCC(=O)OCCOCCOCCOCCOCCOCCOc1ccc(NC(C)=O)cc1. The number of ether oxygens (including phenoxy) is 7. The number of esters is 1. The minimum Gasteiger partial charge on any atom is -0.491 e. The molecule has 0 unspecified atom stereocenters. The zero-order chi connectivity index (χ0) is 28.2. The lowest BCUT2D eigenvalue weighted by molar-refractivity contribution is -0.145. The van der Waals surface area contributed by atoms with Crippen LogP contribution in [-0.2, 0) is 38.0 Å². The molecule has 10 nitrogen and oxygen atoms in total. The third-order valence-electron chi connectivity index (χ3n) is 5.38. The highest BCUT2D eigenvalue weighted by atomic mass is 16.6. The summed E-state index contributed by atoms with van der Waals surface area (Å²) in [6.45, 7) is 9.04. The van der Waals surface area contributed by atoms with Gasteiger partial charge in [-0.2, -0.15) is 0 Å². The van der Waals surface area contributed by atoms with Gasteiger partial charge in [-0.15, -0.1) is 0 Å². The molecule has 0 fully saturated rings. The molecule has 0 saturated heterocycles. The van der Waals surface area contributed by atoms with Crippen molar-refractivity contribution < 1.29 is 42.7 Å². The quantitative estimate of drug-likeness (QED) is 0.125. The Balaban J connectivity index is 1.74. The van der Waals surface area contributed by atoms with E-state index in [9.17, 15) is 9.59 Å². The number of nitrogens with one attached hydrogen (secondary N) is 1. The van der Waals surface area contributed by atoms with Crippen LogP contribution in [0.25, 0.3) is 0 Å². The smallest absolute Gasteiger partial charge is 0.305 e. The number of rotatable bonds is 27. The van der Waals surface area contributed by atoms with Gasteiger partial charge < -0.3 is 38.5 Å². The summed E-state index contributed by atoms with van der Waals surface area (Å²) in [5, 5.41) is 2.71. The highest BCUT2D eigenvalue weighted by Gasteiger charge is 2.02. The van der Waals surface area contributed by atoms with Crippen molar-refractivity contribution in [2.75, 3.05) is 84.6 Å². The number of benzene rings is 1. The van der Waals surface area contributed by atoms with E-state index in [1.165, 1.54) is 32.6 Å². The van der Waals surface area contributed by atoms with Crippen molar-refractivity contribution in [3.8, 4) is 5.75 Å². The minimum absolute atomic E-state index is 0.107. The Morgan fingerprint density at radius 3 is 1.59 bits per heavy atom. The van der Waals surface area contributed by atoms with Crippen molar-refractivity contribution in [2.24, 2.45) is 0 Å². The molecule has 1 N–H and O–H groups in total. The van der Waals surface area contributed by atoms with Crippen LogP contribution in [-0.4, -0.2) is 91.2 Å². The maximum absolute atomic E-state index is 11.6. The van der Waals surface area contributed by atoms with Crippen LogP contribution in [0.2, 0.25) is 0 Å². The van der Waals surface area contributed by atoms with Gasteiger partial charge in [-0.05, 0) is 30.7 Å². The summed E-state index contributed by atoms with van der Waals surface area (Å²) in [5.41, 5.74) is 0.732. The van der Waals surface area contributed by atoms with Crippen LogP contribution in [0.4, 0.5) is 5.69 Å². The highest BCUT2D eigenvalue weighted by molar-refractivity contribution is 5.88. The molecule has 224 valence electrons. The van der Waals surface area contributed by atoms with E-state index in [4.69, 9.17) is 33.2 Å². The Kier molecular flexibility index (Phi) is 23.2. The second kappa shape index (κ2) is 26.0. The predicted octanol–water partition coefficient (Wildman–Crippen LogP) is 4.40. The van der Waals surface area contributed by atoms with Gasteiger partial charge in [0.25, 0.3) is 0 Å². The Hall–Kier alpha value is -2.24. The Bertz CT molecular complexity index is 715. The molecule has 0 saturated carbocycles. The molecule has 1 aromatic carbocycles. The largest absolute Gasteiger partial charge is 0.491 e. The van der Waals surface area contributed by atoms with Crippen molar-refractivity contribution >= 4 is 17.6 Å². The van der Waals surface area contributed by atoms with E-state index in [0.29, 0.717) is 84.8 Å². The van der Waals surface area contributed by atoms with Crippen molar-refractivity contribution in [3.05, 3.63) is 24.3 Å². The molecule has 0 atom stereocenters. The van der Waals surface area contributed by atoms with Crippen LogP contribution in [0.1, 0.15) is 58.8 Å². The standard InChI is InChI=1S/C29H49NO9/c1-3-4-5-6-7-8-9-29(32)39-25-23-37-21-19-35-17-15-33-14-16-34-18-20-36-22-24-38-28-12-10-27(11-13-28)30-26(2)31/h10-13H,3-9,14-25H2,1-2H3,(H,30,31). The molecule has 0 heterocycles. The molecule has 1 rings (SSSR count). The normalized spacial score (nSPS) is 10.9. The van der Waals surface area contributed by atoms with Crippen LogP contribution in [0.3, 0.4) is 0 Å². The molecule has 1 aromatic rings. The number of hydrogen-bond donors (Lipinski definition) is 1. The number of carbonyl (C=O) groups is 2. The fraction of sp³-hybridized carbons (Fsp3) is 0.724. The Morgan fingerprint density at radius 1 is 0.615 bits per heavy atom. The predicted molar refractivity (Wildman–Crippen MR) is 149 cm³/mol. The average Bonchev–Trinajstić information content (AvgIpc) is 2.92. The molecular formula is C29H49NO9. The zero-order valence-corrected chi connectivity index (χ0v) is 23.9. The second-order valence-electron chi connectivity index (χ2n) is 8.85. The monoisotopic (exact) mass is 555 g/mol. The van der Waals surface area contributed by atoms with Gasteiger partial charge in [0.1, 0.15) is 19.0 Å². The first-order valence-corrected chi connectivity index (χ1v) is 14.2. The summed E-state index contributed by atoms with van der Waals surface area (Å²) in [5.74, 6) is 0.464. The first kappa shape index (κ1) is 34.8. The molecule has 0 aromatic heterocycles. The fourth-order valence-electron chi connectivity index (χ4n) is 3.37. The van der Waals surface area contributed by atoms with Gasteiger partial charge in [0, 0.05) is 19.0 Å². The highest BCUT2D eigenvalue weighted by Crippen LogP contribution is 2.15. The van der Waals surface area contributed by atoms with Gasteiger partial charge in [-0.25, -0.2) is 0 Å². The van der Waals surface area contributed by atoms with Crippen LogP contribution < -0.4 is 10.1 Å². The topological polar surface area (TPSA) is 111 Å². The summed E-state index contributed by atoms with van der Waals surface area (Å²) in [7, 11) is 0.